The van der Waals surface area contributed by atoms with Gasteiger partial charge in [0.2, 0.25) is 0 Å². The van der Waals surface area contributed by atoms with Crippen molar-refractivity contribution in [2.75, 3.05) is 0 Å². The Bertz CT molecular complexity index is 533. The summed E-state index contributed by atoms with van der Waals surface area (Å²) in [6.45, 7) is 2.65. The molecule has 2 rings (SSSR count). The second-order valence-corrected chi connectivity index (χ2v) is 4.14. The standard InChI is InChI=1S/C13H16N4O/c1-2-6-11-12(13(14)18)15-16-17(11)9-10-7-4-3-5-8-10/h3-5,7-8H,2,6,9H2,1H3,(H2,14,18). The first-order valence-corrected chi connectivity index (χ1v) is 5.98. The molecule has 0 fully saturated rings. The largest absolute Gasteiger partial charge is 0.364 e. The summed E-state index contributed by atoms with van der Waals surface area (Å²) in [4.78, 5) is 11.3. The molecule has 0 bridgehead atoms. The quantitative estimate of drug-likeness (QED) is 0.863. The van der Waals surface area contributed by atoms with Crippen LogP contribution in [0.1, 0.15) is 35.1 Å². The Hall–Kier alpha value is -2.17. The van der Waals surface area contributed by atoms with Gasteiger partial charge in [-0.2, -0.15) is 0 Å². The molecule has 0 radical (unpaired) electrons. The average Bonchev–Trinajstić information content (AvgIpc) is 2.74. The Morgan fingerprint density at radius 2 is 2.06 bits per heavy atom. The lowest BCUT2D eigenvalue weighted by Crippen LogP contribution is -2.15. The smallest absolute Gasteiger partial charge is 0.271 e. The van der Waals surface area contributed by atoms with E-state index in [-0.39, 0.29) is 5.69 Å². The third-order valence-corrected chi connectivity index (χ3v) is 2.73. The normalized spacial score (nSPS) is 10.5. The van der Waals surface area contributed by atoms with Crippen molar-refractivity contribution in [3.63, 3.8) is 0 Å². The van der Waals surface area contributed by atoms with E-state index in [1.807, 2.05) is 37.3 Å². The van der Waals surface area contributed by atoms with Gasteiger partial charge in [-0.3, -0.25) is 4.79 Å². The highest BCUT2D eigenvalue weighted by Gasteiger charge is 2.16. The molecule has 1 amide bonds. The fraction of sp³-hybridized carbons (Fsp3) is 0.308. The van der Waals surface area contributed by atoms with Gasteiger partial charge < -0.3 is 5.73 Å². The number of nitrogens with zero attached hydrogens (tertiary/aromatic N) is 3. The maximum Gasteiger partial charge on any atom is 0.271 e. The van der Waals surface area contributed by atoms with Gasteiger partial charge in [-0.1, -0.05) is 48.9 Å². The second kappa shape index (κ2) is 5.44. The molecule has 0 aliphatic carbocycles. The number of carbonyl (C=O) groups is 1. The molecule has 1 heterocycles. The van der Waals surface area contributed by atoms with E-state index >= 15 is 0 Å². The SMILES string of the molecule is CCCc1c(C(N)=O)nnn1Cc1ccccc1. The lowest BCUT2D eigenvalue weighted by molar-refractivity contribution is 0.0994. The van der Waals surface area contributed by atoms with Crippen LogP contribution in [-0.4, -0.2) is 20.9 Å². The van der Waals surface area contributed by atoms with Gasteiger partial charge >= 0.3 is 0 Å². The van der Waals surface area contributed by atoms with E-state index in [9.17, 15) is 4.79 Å². The van der Waals surface area contributed by atoms with E-state index in [0.29, 0.717) is 6.54 Å². The Kier molecular flexibility index (Phi) is 3.72. The Balaban J connectivity index is 2.30. The van der Waals surface area contributed by atoms with Crippen LogP contribution in [0.5, 0.6) is 0 Å². The third kappa shape index (κ3) is 2.56. The van der Waals surface area contributed by atoms with E-state index in [2.05, 4.69) is 10.3 Å². The van der Waals surface area contributed by atoms with E-state index in [0.717, 1.165) is 24.1 Å². The van der Waals surface area contributed by atoms with Crippen LogP contribution < -0.4 is 5.73 Å². The number of aromatic nitrogens is 3. The van der Waals surface area contributed by atoms with Crippen molar-refractivity contribution in [3.8, 4) is 0 Å². The zero-order chi connectivity index (χ0) is 13.0. The van der Waals surface area contributed by atoms with Gasteiger partial charge in [0.1, 0.15) is 0 Å². The van der Waals surface area contributed by atoms with Crippen molar-refractivity contribution in [1.82, 2.24) is 15.0 Å². The highest BCUT2D eigenvalue weighted by atomic mass is 16.1. The summed E-state index contributed by atoms with van der Waals surface area (Å²) in [5, 5.41) is 7.89. The highest BCUT2D eigenvalue weighted by Crippen LogP contribution is 2.10. The van der Waals surface area contributed by atoms with Crippen LogP contribution in [0.4, 0.5) is 0 Å². The molecule has 0 saturated heterocycles. The number of benzene rings is 1. The Labute approximate surface area is 106 Å². The first-order chi connectivity index (χ1) is 8.72. The van der Waals surface area contributed by atoms with Gasteiger partial charge in [-0.05, 0) is 12.0 Å². The molecule has 1 aromatic carbocycles. The number of primary amides is 1. The molecule has 0 spiro atoms. The number of amides is 1. The van der Waals surface area contributed by atoms with Crippen molar-refractivity contribution in [2.45, 2.75) is 26.3 Å². The maximum absolute atomic E-state index is 11.3. The number of hydrogen-bond acceptors (Lipinski definition) is 3. The average molecular weight is 244 g/mol. The molecular formula is C13H16N4O. The van der Waals surface area contributed by atoms with Crippen LogP contribution in [0.15, 0.2) is 30.3 Å². The monoisotopic (exact) mass is 244 g/mol. The topological polar surface area (TPSA) is 73.8 Å². The number of rotatable bonds is 5. The zero-order valence-corrected chi connectivity index (χ0v) is 10.3. The van der Waals surface area contributed by atoms with E-state index in [4.69, 9.17) is 5.73 Å². The van der Waals surface area contributed by atoms with Gasteiger partial charge in [0, 0.05) is 0 Å². The summed E-state index contributed by atoms with van der Waals surface area (Å²) in [6, 6.07) is 9.94. The molecule has 18 heavy (non-hydrogen) atoms. The van der Waals surface area contributed by atoms with Gasteiger partial charge in [0.15, 0.2) is 5.69 Å². The van der Waals surface area contributed by atoms with Crippen LogP contribution in [0, 0.1) is 0 Å². The van der Waals surface area contributed by atoms with Crippen molar-refractivity contribution < 1.29 is 4.79 Å². The minimum absolute atomic E-state index is 0.285. The highest BCUT2D eigenvalue weighted by molar-refractivity contribution is 5.91. The third-order valence-electron chi connectivity index (χ3n) is 2.73. The molecular weight excluding hydrogens is 228 g/mol. The number of nitrogens with two attached hydrogens (primary N) is 1. The predicted molar refractivity (Wildman–Crippen MR) is 68.1 cm³/mol. The molecule has 1 aromatic heterocycles. The van der Waals surface area contributed by atoms with Gasteiger partial charge in [-0.15, -0.1) is 5.10 Å². The van der Waals surface area contributed by atoms with Crippen molar-refractivity contribution in [1.29, 1.82) is 0 Å². The molecule has 2 aromatic rings. The number of carbonyl (C=O) groups excluding carboxylic acids is 1. The molecule has 94 valence electrons. The molecule has 0 aliphatic heterocycles. The maximum atomic E-state index is 11.3. The van der Waals surface area contributed by atoms with Crippen LogP contribution >= 0.6 is 0 Å². The lowest BCUT2D eigenvalue weighted by Gasteiger charge is -2.06. The summed E-state index contributed by atoms with van der Waals surface area (Å²) in [5.74, 6) is -0.516. The minimum atomic E-state index is -0.516. The second-order valence-electron chi connectivity index (χ2n) is 4.14. The Morgan fingerprint density at radius 1 is 1.33 bits per heavy atom. The van der Waals surface area contributed by atoms with E-state index < -0.39 is 5.91 Å². The van der Waals surface area contributed by atoms with Crippen molar-refractivity contribution >= 4 is 5.91 Å². The zero-order valence-electron chi connectivity index (χ0n) is 10.3. The molecule has 5 heteroatoms. The van der Waals surface area contributed by atoms with E-state index in [1.54, 1.807) is 4.68 Å². The molecule has 0 saturated carbocycles. The molecule has 0 unspecified atom stereocenters. The summed E-state index contributed by atoms with van der Waals surface area (Å²) in [7, 11) is 0. The summed E-state index contributed by atoms with van der Waals surface area (Å²) < 4.78 is 1.75. The molecule has 0 aliphatic rings. The number of hydrogen-bond donors (Lipinski definition) is 1. The summed E-state index contributed by atoms with van der Waals surface area (Å²) in [6.07, 6.45) is 1.67. The lowest BCUT2D eigenvalue weighted by atomic mass is 10.2. The van der Waals surface area contributed by atoms with Crippen LogP contribution in [0.25, 0.3) is 0 Å². The Morgan fingerprint density at radius 3 is 2.67 bits per heavy atom. The van der Waals surface area contributed by atoms with Crippen molar-refractivity contribution in [3.05, 3.63) is 47.3 Å². The van der Waals surface area contributed by atoms with Crippen LogP contribution in [0.3, 0.4) is 0 Å². The molecule has 0 atom stereocenters. The fourth-order valence-corrected chi connectivity index (χ4v) is 1.89. The predicted octanol–water partition coefficient (Wildman–Crippen LogP) is 1.38. The first kappa shape index (κ1) is 12.3. The van der Waals surface area contributed by atoms with Crippen LogP contribution in [0.2, 0.25) is 0 Å². The fourth-order valence-electron chi connectivity index (χ4n) is 1.89. The molecule has 5 nitrogen and oxygen atoms in total. The molecule has 2 N–H and O–H groups in total. The minimum Gasteiger partial charge on any atom is -0.364 e. The van der Waals surface area contributed by atoms with Gasteiger partial charge in [0.25, 0.3) is 5.91 Å². The van der Waals surface area contributed by atoms with Crippen molar-refractivity contribution in [2.24, 2.45) is 5.73 Å². The summed E-state index contributed by atoms with van der Waals surface area (Å²) >= 11 is 0. The van der Waals surface area contributed by atoms with Crippen LogP contribution in [-0.2, 0) is 13.0 Å². The van der Waals surface area contributed by atoms with Gasteiger partial charge in [0.05, 0.1) is 12.2 Å². The van der Waals surface area contributed by atoms with Gasteiger partial charge in [-0.25, -0.2) is 4.68 Å². The van der Waals surface area contributed by atoms with E-state index in [1.165, 1.54) is 0 Å². The summed E-state index contributed by atoms with van der Waals surface area (Å²) in [5.41, 5.74) is 7.52. The first-order valence-electron chi connectivity index (χ1n) is 5.98.